The van der Waals surface area contributed by atoms with Crippen LogP contribution in [0.2, 0.25) is 0 Å². The number of oxime groups is 1. The van der Waals surface area contributed by atoms with Crippen LogP contribution in [-0.2, 0) is 34.1 Å². The normalized spacial score (nSPS) is 24.3. The lowest BCUT2D eigenvalue weighted by Crippen LogP contribution is -2.70. The van der Waals surface area contributed by atoms with Crippen molar-refractivity contribution in [1.82, 2.24) is 4.90 Å². The second kappa shape index (κ2) is 20.2. The summed E-state index contributed by atoms with van der Waals surface area (Å²) in [4.78, 5) is 23.2. The first-order chi connectivity index (χ1) is 31.9. The maximum absolute atomic E-state index is 15.0. The third-order valence-electron chi connectivity index (χ3n) is 13.6. The van der Waals surface area contributed by atoms with E-state index in [-0.39, 0.29) is 88.2 Å². The minimum Gasteiger partial charge on any atom is -0.489 e. The van der Waals surface area contributed by atoms with E-state index in [1.807, 2.05) is 71.6 Å². The van der Waals surface area contributed by atoms with Gasteiger partial charge < -0.3 is 43.6 Å². The summed E-state index contributed by atoms with van der Waals surface area (Å²) in [6.07, 6.45) is 10.4. The highest BCUT2D eigenvalue weighted by atomic mass is 19.1. The summed E-state index contributed by atoms with van der Waals surface area (Å²) in [6, 6.07) is 27.4. The zero-order valence-electron chi connectivity index (χ0n) is 36.8. The molecule has 2 aliphatic heterocycles. The molecule has 4 aromatic rings. The zero-order chi connectivity index (χ0) is 44.8. The maximum Gasteiger partial charge on any atom is 0.239 e. The number of unbranched alkanes of at least 4 members (excludes halogenated alkanes) is 2. The van der Waals surface area contributed by atoms with E-state index in [1.165, 1.54) is 6.07 Å². The predicted octanol–water partition coefficient (Wildman–Crippen LogP) is 9.41. The van der Waals surface area contributed by atoms with Crippen molar-refractivity contribution >= 4 is 11.6 Å². The average Bonchev–Trinajstić information content (AvgIpc) is 4.08. The number of fused-ring (bicyclic) bond motifs is 3. The Hall–Kier alpha value is -5.69. The van der Waals surface area contributed by atoms with Crippen LogP contribution in [0.4, 0.5) is 4.39 Å². The topological polar surface area (TPSA) is 129 Å². The molecule has 0 aromatic heterocycles. The van der Waals surface area contributed by atoms with Crippen molar-refractivity contribution in [3.8, 4) is 23.0 Å². The second-order valence-electron chi connectivity index (χ2n) is 17.8. The smallest absolute Gasteiger partial charge is 0.239 e. The van der Waals surface area contributed by atoms with Gasteiger partial charge in [-0.15, -0.1) is 6.58 Å². The Bertz CT molecular complexity index is 2370. The van der Waals surface area contributed by atoms with Gasteiger partial charge in [0.15, 0.2) is 11.5 Å². The van der Waals surface area contributed by atoms with Crippen LogP contribution in [0.25, 0.3) is 0 Å². The Morgan fingerprint density at radius 3 is 2.43 bits per heavy atom. The Balaban J connectivity index is 1.22. The molecular weight excluding hydrogens is 828 g/mol. The second-order valence-corrected chi connectivity index (χ2v) is 17.8. The van der Waals surface area contributed by atoms with Gasteiger partial charge >= 0.3 is 0 Å². The molecule has 0 spiro atoms. The van der Waals surface area contributed by atoms with Crippen LogP contribution < -0.4 is 18.9 Å². The van der Waals surface area contributed by atoms with Crippen LogP contribution in [0.3, 0.4) is 0 Å². The number of carbonyl (C=O) groups is 1. The number of ether oxygens (including phenoxy) is 5. The number of rotatable bonds is 21. The van der Waals surface area contributed by atoms with Crippen molar-refractivity contribution < 1.29 is 47.9 Å². The molecule has 0 saturated heterocycles. The average molecular weight is 887 g/mol. The molecule has 0 radical (unpaired) electrons. The maximum atomic E-state index is 15.0. The van der Waals surface area contributed by atoms with E-state index in [0.29, 0.717) is 41.4 Å². The van der Waals surface area contributed by atoms with Crippen molar-refractivity contribution in [2.24, 2.45) is 28.8 Å². The Morgan fingerprint density at radius 2 is 1.65 bits per heavy atom. The van der Waals surface area contributed by atoms with Gasteiger partial charge in [-0.2, -0.15) is 0 Å². The van der Waals surface area contributed by atoms with Gasteiger partial charge in [0.1, 0.15) is 36.6 Å². The molecular formula is C53H59FN2O9. The van der Waals surface area contributed by atoms with Crippen LogP contribution >= 0.6 is 0 Å². The summed E-state index contributed by atoms with van der Waals surface area (Å²) in [5.41, 5.74) is 4.88. The number of amides is 1. The van der Waals surface area contributed by atoms with Crippen LogP contribution in [-0.4, -0.2) is 65.2 Å². The quantitative estimate of drug-likeness (QED) is 0.0478. The van der Waals surface area contributed by atoms with Crippen molar-refractivity contribution in [3.63, 3.8) is 0 Å². The molecule has 2 saturated carbocycles. The highest BCUT2D eigenvalue weighted by Gasteiger charge is 2.66. The molecule has 9 rings (SSSR count). The molecule has 5 aliphatic rings. The standard InChI is InChI=1S/C53H59FN2O9/c1-2-26-63-53-49(56(52(59)37-19-20-37)31-36-18-22-47-48(27-36)62-34-61-47)30-45(55-64-32-35-12-4-3-5-13-35)42-28-38(14-8-10-24-57)41(16-9-11-25-58)50(51(42)53)43-29-40(21-23-46(43)65-53)60-33-39-15-6-7-17-44(39)54/h2-7,12-13,15,17-18,21-23,27-29,37-38,41,49-51,57-58H,1,8-11,14,16,19-20,24-26,30-34H2/t38-,41+,49-,50+,51+,53+/m0/s1. The number of carbonyl (C=O) groups excluding carboxylic acids is 1. The lowest BCUT2D eigenvalue weighted by molar-refractivity contribution is -0.258. The summed E-state index contributed by atoms with van der Waals surface area (Å²) in [6.45, 7) is 5.07. The van der Waals surface area contributed by atoms with Crippen molar-refractivity contribution in [2.75, 3.05) is 26.6 Å². The molecule has 4 aromatic carbocycles. The Kier molecular flexibility index (Phi) is 13.8. The highest BCUT2D eigenvalue weighted by Crippen LogP contribution is 2.62. The molecule has 65 heavy (non-hydrogen) atoms. The molecule has 342 valence electrons. The van der Waals surface area contributed by atoms with Crippen LogP contribution in [0.15, 0.2) is 120 Å². The fourth-order valence-electron chi connectivity index (χ4n) is 10.4. The van der Waals surface area contributed by atoms with Gasteiger partial charge in [-0.1, -0.05) is 84.7 Å². The molecule has 2 heterocycles. The van der Waals surface area contributed by atoms with Crippen molar-refractivity contribution in [3.05, 3.63) is 143 Å². The van der Waals surface area contributed by atoms with E-state index >= 15 is 0 Å². The van der Waals surface area contributed by atoms with Gasteiger partial charge in [-0.05, 0) is 103 Å². The van der Waals surface area contributed by atoms with E-state index in [9.17, 15) is 19.4 Å². The number of aliphatic hydroxyl groups is 2. The highest BCUT2D eigenvalue weighted by molar-refractivity contribution is 6.03. The number of hydrogen-bond acceptors (Lipinski definition) is 10. The van der Waals surface area contributed by atoms with E-state index in [4.69, 9.17) is 33.7 Å². The third kappa shape index (κ3) is 9.53. The molecule has 11 nitrogen and oxygen atoms in total. The van der Waals surface area contributed by atoms with E-state index in [2.05, 4.69) is 12.7 Å². The van der Waals surface area contributed by atoms with Crippen molar-refractivity contribution in [1.29, 1.82) is 0 Å². The first-order valence-corrected chi connectivity index (χ1v) is 23.2. The largest absolute Gasteiger partial charge is 0.489 e. The minimum atomic E-state index is -1.42. The van der Waals surface area contributed by atoms with Crippen LogP contribution in [0.1, 0.15) is 86.0 Å². The Labute approximate surface area is 380 Å². The zero-order valence-corrected chi connectivity index (χ0v) is 36.8. The first kappa shape index (κ1) is 44.5. The van der Waals surface area contributed by atoms with Gasteiger partial charge in [0.25, 0.3) is 0 Å². The summed E-state index contributed by atoms with van der Waals surface area (Å²) in [5.74, 6) is -0.0636. The van der Waals surface area contributed by atoms with Gasteiger partial charge in [0.2, 0.25) is 18.5 Å². The van der Waals surface area contributed by atoms with Crippen LogP contribution in [0, 0.1) is 29.5 Å². The number of hydrogen-bond donors (Lipinski definition) is 2. The van der Waals surface area contributed by atoms with Gasteiger partial charge in [-0.25, -0.2) is 4.39 Å². The van der Waals surface area contributed by atoms with Crippen LogP contribution in [0.5, 0.6) is 23.0 Å². The van der Waals surface area contributed by atoms with Crippen molar-refractivity contribution in [2.45, 2.75) is 95.3 Å². The summed E-state index contributed by atoms with van der Waals surface area (Å²) < 4.78 is 47.3. The fraction of sp³-hybridized carbons (Fsp3) is 0.434. The minimum absolute atomic E-state index is 0.0197. The molecule has 0 bridgehead atoms. The molecule has 0 unspecified atom stereocenters. The molecule has 1 amide bonds. The predicted molar refractivity (Wildman–Crippen MR) is 243 cm³/mol. The monoisotopic (exact) mass is 886 g/mol. The number of benzene rings is 4. The van der Waals surface area contributed by atoms with E-state index in [0.717, 1.165) is 66.5 Å². The summed E-state index contributed by atoms with van der Waals surface area (Å²) in [7, 11) is 0. The Morgan fingerprint density at radius 1 is 0.877 bits per heavy atom. The summed E-state index contributed by atoms with van der Waals surface area (Å²) >= 11 is 0. The first-order valence-electron chi connectivity index (χ1n) is 23.2. The van der Waals surface area contributed by atoms with E-state index < -0.39 is 17.7 Å². The molecule has 3 aliphatic carbocycles. The summed E-state index contributed by atoms with van der Waals surface area (Å²) in [5, 5.41) is 25.0. The number of halogens is 1. The third-order valence-corrected chi connectivity index (χ3v) is 13.6. The van der Waals surface area contributed by atoms with Gasteiger partial charge in [-0.3, -0.25) is 4.79 Å². The fourth-order valence-corrected chi connectivity index (χ4v) is 10.4. The lowest BCUT2D eigenvalue weighted by Gasteiger charge is -2.60. The SMILES string of the molecule is C=CCO[C@@]12Oc3ccc(OCc4ccccc4F)cc3[C@H]3[C@H](CCCCO)[C@@H](CCCCO)C=C(C(=NOCc4ccccc4)C[C@@H]1N(Cc1ccc4c(c1)OCO4)C(=O)C1CC1)[C@H]32. The number of nitrogens with zero attached hydrogens (tertiary/aromatic N) is 2. The van der Waals surface area contributed by atoms with E-state index in [1.54, 1.807) is 24.3 Å². The molecule has 2 N–H and O–H groups in total. The molecule has 12 heteroatoms. The molecule has 2 fully saturated rings. The van der Waals surface area contributed by atoms with Gasteiger partial charge in [0.05, 0.1) is 18.2 Å². The lowest BCUT2D eigenvalue weighted by atomic mass is 9.55. The number of aliphatic hydroxyl groups excluding tert-OH is 2. The molecule has 6 atom stereocenters. The van der Waals surface area contributed by atoms with Gasteiger partial charge in [0, 0.05) is 49.1 Å². The number of allylic oxidation sites excluding steroid dienone is 1.